The normalized spacial score (nSPS) is 10.9. The van der Waals surface area contributed by atoms with Crippen molar-refractivity contribution >= 4 is 22.9 Å². The molecule has 1 aromatic heterocycles. The number of carbonyl (C=O) groups is 2. The van der Waals surface area contributed by atoms with Gasteiger partial charge in [0.1, 0.15) is 0 Å². The average Bonchev–Trinajstić information content (AvgIpc) is 2.73. The molecule has 4 N–H and O–H groups in total. The van der Waals surface area contributed by atoms with E-state index in [1.54, 1.807) is 18.2 Å². The Hall–Kier alpha value is -2.83. The molecule has 1 heterocycles. The summed E-state index contributed by atoms with van der Waals surface area (Å²) in [6.45, 7) is 0.242. The molecule has 0 atom stereocenters. The molecule has 0 radical (unpaired) electrons. The number of aromatic amines is 2. The van der Waals surface area contributed by atoms with Gasteiger partial charge >= 0.3 is 11.7 Å². The van der Waals surface area contributed by atoms with Crippen LogP contribution >= 0.6 is 0 Å². The number of rotatable bonds is 4. The van der Waals surface area contributed by atoms with Gasteiger partial charge in [-0.1, -0.05) is 6.07 Å². The van der Waals surface area contributed by atoms with Crippen molar-refractivity contribution in [2.45, 2.75) is 6.54 Å². The lowest BCUT2D eigenvalue weighted by Gasteiger charge is -2.02. The summed E-state index contributed by atoms with van der Waals surface area (Å²) >= 11 is 0. The molecule has 0 aliphatic rings. The van der Waals surface area contributed by atoms with Crippen LogP contribution in [0.5, 0.6) is 0 Å². The summed E-state index contributed by atoms with van der Waals surface area (Å²) in [5, 5.41) is 10.9. The van der Waals surface area contributed by atoms with E-state index in [0.29, 0.717) is 11.0 Å². The molecular weight excluding hydrogens is 250 g/mol. The van der Waals surface area contributed by atoms with Crippen molar-refractivity contribution in [1.29, 1.82) is 0 Å². The topological polar surface area (TPSA) is 115 Å². The minimum absolute atomic E-state index is 0.242. The number of carbonyl (C=O) groups excluding carboxylic acids is 1. The second-order valence-electron chi connectivity index (χ2n) is 3.85. The number of carboxylic acids is 1. The highest BCUT2D eigenvalue weighted by molar-refractivity contribution is 5.93. The number of carboxylic acid groups (broad SMARTS) is 1. The molecule has 0 aliphatic heterocycles. The molecule has 7 nitrogen and oxygen atoms in total. The first-order chi connectivity index (χ1) is 9.04. The average molecular weight is 261 g/mol. The summed E-state index contributed by atoms with van der Waals surface area (Å²) in [5.41, 5.74) is 1.84. The molecule has 0 saturated carbocycles. The van der Waals surface area contributed by atoms with Gasteiger partial charge in [-0.3, -0.25) is 4.79 Å². The maximum absolute atomic E-state index is 11.3. The summed E-state index contributed by atoms with van der Waals surface area (Å²) in [6.07, 6.45) is 1.71. The number of fused-ring (bicyclic) bond motifs is 1. The van der Waals surface area contributed by atoms with Gasteiger partial charge in [0.15, 0.2) is 0 Å². The zero-order chi connectivity index (χ0) is 13.8. The summed E-state index contributed by atoms with van der Waals surface area (Å²) in [4.78, 5) is 37.8. The molecule has 98 valence electrons. The van der Waals surface area contributed by atoms with Crippen molar-refractivity contribution in [3.63, 3.8) is 0 Å². The van der Waals surface area contributed by atoms with Gasteiger partial charge in [-0.15, -0.1) is 0 Å². The van der Waals surface area contributed by atoms with Crippen molar-refractivity contribution in [3.8, 4) is 0 Å². The Kier molecular flexibility index (Phi) is 3.46. The summed E-state index contributed by atoms with van der Waals surface area (Å²) in [5.74, 6) is -1.67. The molecule has 1 amide bonds. The number of H-pyrrole nitrogens is 2. The molecule has 0 spiro atoms. The maximum atomic E-state index is 11.3. The molecule has 0 bridgehead atoms. The van der Waals surface area contributed by atoms with Crippen LogP contribution in [0.15, 0.2) is 35.1 Å². The van der Waals surface area contributed by atoms with E-state index in [2.05, 4.69) is 15.3 Å². The summed E-state index contributed by atoms with van der Waals surface area (Å²) < 4.78 is 0. The van der Waals surface area contributed by atoms with Crippen molar-refractivity contribution < 1.29 is 14.7 Å². The van der Waals surface area contributed by atoms with Crippen LogP contribution in [-0.2, 0) is 16.1 Å². The Morgan fingerprint density at radius 3 is 2.68 bits per heavy atom. The van der Waals surface area contributed by atoms with E-state index in [9.17, 15) is 14.4 Å². The van der Waals surface area contributed by atoms with E-state index in [1.165, 1.54) is 0 Å². The highest BCUT2D eigenvalue weighted by atomic mass is 16.4. The second-order valence-corrected chi connectivity index (χ2v) is 3.85. The monoisotopic (exact) mass is 261 g/mol. The fraction of sp³-hybridized carbons (Fsp3) is 0.0833. The van der Waals surface area contributed by atoms with Crippen LogP contribution in [-0.4, -0.2) is 27.0 Å². The first-order valence-corrected chi connectivity index (χ1v) is 5.44. The third-order valence-electron chi connectivity index (χ3n) is 2.42. The quantitative estimate of drug-likeness (QED) is 0.585. The summed E-state index contributed by atoms with van der Waals surface area (Å²) in [7, 11) is 0. The second kappa shape index (κ2) is 5.21. The Balaban J connectivity index is 2.03. The van der Waals surface area contributed by atoms with Gasteiger partial charge in [-0.25, -0.2) is 9.59 Å². The third-order valence-corrected chi connectivity index (χ3v) is 2.42. The van der Waals surface area contributed by atoms with E-state index < -0.39 is 11.9 Å². The Labute approximate surface area is 107 Å². The number of amides is 1. The number of imidazole rings is 1. The number of aliphatic carboxylic acids is 1. The molecule has 19 heavy (non-hydrogen) atoms. The Morgan fingerprint density at radius 1 is 1.21 bits per heavy atom. The zero-order valence-corrected chi connectivity index (χ0v) is 9.77. The van der Waals surface area contributed by atoms with E-state index in [-0.39, 0.29) is 12.2 Å². The van der Waals surface area contributed by atoms with Crippen molar-refractivity contribution in [1.82, 2.24) is 15.3 Å². The van der Waals surface area contributed by atoms with Gasteiger partial charge in [0.2, 0.25) is 5.91 Å². The molecule has 1 aromatic carbocycles. The van der Waals surface area contributed by atoms with E-state index in [0.717, 1.165) is 17.7 Å². The maximum Gasteiger partial charge on any atom is 0.328 e. The van der Waals surface area contributed by atoms with Crippen molar-refractivity contribution in [3.05, 3.63) is 46.4 Å². The zero-order valence-electron chi connectivity index (χ0n) is 9.77. The first kappa shape index (κ1) is 12.6. The first-order valence-electron chi connectivity index (χ1n) is 5.44. The van der Waals surface area contributed by atoms with Crippen molar-refractivity contribution in [2.75, 3.05) is 0 Å². The largest absolute Gasteiger partial charge is 0.478 e. The highest BCUT2D eigenvalue weighted by Crippen LogP contribution is 2.09. The Bertz CT molecular complexity index is 711. The highest BCUT2D eigenvalue weighted by Gasteiger charge is 2.01. The predicted molar refractivity (Wildman–Crippen MR) is 67.5 cm³/mol. The standard InChI is InChI=1S/C12H11N3O4/c16-10(3-4-11(17)18)13-6-7-1-2-8-9(5-7)15-12(19)14-8/h1-5H,6H2,(H,13,16)(H,17,18)(H2,14,15,19)/b4-3+. The fourth-order valence-corrected chi connectivity index (χ4v) is 1.58. The fourth-order valence-electron chi connectivity index (χ4n) is 1.58. The van der Waals surface area contributed by atoms with Gasteiger partial charge in [-0.05, 0) is 17.7 Å². The van der Waals surface area contributed by atoms with E-state index in [1.807, 2.05) is 0 Å². The SMILES string of the molecule is O=C(O)/C=C/C(=O)NCc1ccc2[nH]c(=O)[nH]c2c1. The van der Waals surface area contributed by atoms with Crippen LogP contribution in [0, 0.1) is 0 Å². The van der Waals surface area contributed by atoms with Crippen LogP contribution in [0.4, 0.5) is 0 Å². The van der Waals surface area contributed by atoms with Crippen molar-refractivity contribution in [2.24, 2.45) is 0 Å². The van der Waals surface area contributed by atoms with Gasteiger partial charge in [0.25, 0.3) is 0 Å². The molecule has 2 aromatic rings. The molecular formula is C12H11N3O4. The predicted octanol–water partition coefficient (Wildman–Crippen LogP) is 0.113. The lowest BCUT2D eigenvalue weighted by Crippen LogP contribution is -2.20. The summed E-state index contributed by atoms with van der Waals surface area (Å²) in [6, 6.07) is 5.21. The van der Waals surface area contributed by atoms with Crippen LogP contribution in [0.2, 0.25) is 0 Å². The minimum Gasteiger partial charge on any atom is -0.478 e. The Morgan fingerprint density at radius 2 is 1.95 bits per heavy atom. The van der Waals surface area contributed by atoms with E-state index >= 15 is 0 Å². The van der Waals surface area contributed by atoms with E-state index in [4.69, 9.17) is 5.11 Å². The molecule has 0 fully saturated rings. The number of nitrogens with one attached hydrogen (secondary N) is 3. The van der Waals surface area contributed by atoms with Crippen LogP contribution in [0.1, 0.15) is 5.56 Å². The lowest BCUT2D eigenvalue weighted by molar-refractivity contribution is -0.131. The third kappa shape index (κ3) is 3.32. The number of benzene rings is 1. The van der Waals surface area contributed by atoms with Gasteiger partial charge in [0, 0.05) is 18.7 Å². The van der Waals surface area contributed by atoms with Gasteiger partial charge in [0.05, 0.1) is 11.0 Å². The molecule has 7 heteroatoms. The molecule has 0 aliphatic carbocycles. The minimum atomic E-state index is -1.18. The van der Waals surface area contributed by atoms with Crippen LogP contribution in [0.3, 0.4) is 0 Å². The van der Waals surface area contributed by atoms with Gasteiger partial charge in [-0.2, -0.15) is 0 Å². The molecule has 0 saturated heterocycles. The number of aromatic nitrogens is 2. The number of hydrogen-bond donors (Lipinski definition) is 4. The lowest BCUT2D eigenvalue weighted by atomic mass is 10.2. The molecule has 0 unspecified atom stereocenters. The van der Waals surface area contributed by atoms with Crippen LogP contribution in [0.25, 0.3) is 11.0 Å². The molecule has 2 rings (SSSR count). The number of hydrogen-bond acceptors (Lipinski definition) is 3. The smallest absolute Gasteiger partial charge is 0.328 e. The van der Waals surface area contributed by atoms with Crippen LogP contribution < -0.4 is 11.0 Å². The van der Waals surface area contributed by atoms with Gasteiger partial charge < -0.3 is 20.4 Å².